The van der Waals surface area contributed by atoms with Crippen molar-refractivity contribution in [3.8, 4) is 0 Å². The molecule has 2 rings (SSSR count). The highest BCUT2D eigenvalue weighted by atomic mass is 32.1. The lowest BCUT2D eigenvalue weighted by Crippen LogP contribution is -2.25. The average molecular weight is 239 g/mol. The number of nitrogens with two attached hydrogens (primary N) is 1. The van der Waals surface area contributed by atoms with Gasteiger partial charge in [0.2, 0.25) is 0 Å². The Morgan fingerprint density at radius 2 is 2.44 bits per heavy atom. The molecule has 0 aliphatic carbocycles. The van der Waals surface area contributed by atoms with Crippen molar-refractivity contribution >= 4 is 17.1 Å². The van der Waals surface area contributed by atoms with Crippen LogP contribution in [-0.4, -0.2) is 24.5 Å². The number of hydrogen-bond acceptors (Lipinski definition) is 4. The largest absolute Gasteiger partial charge is 0.366 e. The molecule has 16 heavy (non-hydrogen) atoms. The van der Waals surface area contributed by atoms with E-state index < -0.39 is 0 Å². The first-order valence-electron chi connectivity index (χ1n) is 5.70. The maximum absolute atomic E-state index is 11.8. The summed E-state index contributed by atoms with van der Waals surface area (Å²) < 4.78 is 5.57. The Kier molecular flexibility index (Phi) is 4.09. The predicted octanol–water partition coefficient (Wildman–Crippen LogP) is 1.76. The predicted molar refractivity (Wildman–Crippen MR) is 64.6 cm³/mol. The van der Waals surface area contributed by atoms with Crippen LogP contribution in [0.5, 0.6) is 0 Å². The highest BCUT2D eigenvalue weighted by Gasteiger charge is 2.29. The molecule has 2 unspecified atom stereocenters. The van der Waals surface area contributed by atoms with Gasteiger partial charge in [-0.2, -0.15) is 0 Å². The molecular weight excluding hydrogens is 222 g/mol. The van der Waals surface area contributed by atoms with Gasteiger partial charge < -0.3 is 10.5 Å². The van der Waals surface area contributed by atoms with Crippen molar-refractivity contribution in [1.82, 2.24) is 0 Å². The zero-order valence-corrected chi connectivity index (χ0v) is 10.0. The van der Waals surface area contributed by atoms with Crippen LogP contribution in [0.1, 0.15) is 24.1 Å². The van der Waals surface area contributed by atoms with Crippen LogP contribution < -0.4 is 5.73 Å². The van der Waals surface area contributed by atoms with Crippen molar-refractivity contribution in [3.63, 3.8) is 0 Å². The van der Waals surface area contributed by atoms with E-state index in [1.54, 1.807) is 11.3 Å². The highest BCUT2D eigenvalue weighted by Crippen LogP contribution is 2.21. The van der Waals surface area contributed by atoms with E-state index >= 15 is 0 Å². The van der Waals surface area contributed by atoms with Crippen molar-refractivity contribution in [2.24, 2.45) is 5.73 Å². The minimum Gasteiger partial charge on any atom is -0.366 e. The van der Waals surface area contributed by atoms with Crippen molar-refractivity contribution in [2.45, 2.75) is 37.9 Å². The van der Waals surface area contributed by atoms with E-state index in [0.29, 0.717) is 13.0 Å². The number of aryl methyl sites for hydroxylation is 1. The molecule has 2 N–H and O–H groups in total. The molecule has 1 saturated heterocycles. The number of carbonyl (C=O) groups excluding carboxylic acids is 1. The molecule has 1 aromatic rings. The molecule has 0 aromatic carbocycles. The van der Waals surface area contributed by atoms with Crippen molar-refractivity contribution in [1.29, 1.82) is 0 Å². The molecule has 2 atom stereocenters. The van der Waals surface area contributed by atoms with Gasteiger partial charge in [0.05, 0.1) is 6.10 Å². The number of thiophene rings is 1. The molecule has 0 saturated carbocycles. The van der Waals surface area contributed by atoms with Gasteiger partial charge in [-0.1, -0.05) is 6.07 Å². The molecule has 1 aliphatic heterocycles. The average Bonchev–Trinajstić information content (AvgIpc) is 2.96. The molecule has 0 spiro atoms. The molecule has 2 heterocycles. The van der Waals surface area contributed by atoms with Gasteiger partial charge in [0, 0.05) is 17.8 Å². The standard InChI is InChI=1S/C12H17NO2S/c13-8-9-3-6-12(15-9)11(14)5-4-10-2-1-7-16-10/h1-2,7,9,12H,3-6,8,13H2. The third kappa shape index (κ3) is 2.90. The number of hydrogen-bond donors (Lipinski definition) is 1. The lowest BCUT2D eigenvalue weighted by atomic mass is 10.1. The second-order valence-corrected chi connectivity index (χ2v) is 5.14. The molecule has 1 fully saturated rings. The SMILES string of the molecule is NCC1CCC(C(=O)CCc2cccs2)O1. The van der Waals surface area contributed by atoms with E-state index in [0.717, 1.165) is 19.3 Å². The van der Waals surface area contributed by atoms with Gasteiger partial charge in [0.25, 0.3) is 0 Å². The fourth-order valence-electron chi connectivity index (χ4n) is 1.98. The Morgan fingerprint density at radius 1 is 1.56 bits per heavy atom. The summed E-state index contributed by atoms with van der Waals surface area (Å²) in [6.45, 7) is 0.523. The zero-order valence-electron chi connectivity index (χ0n) is 9.22. The van der Waals surface area contributed by atoms with Crippen molar-refractivity contribution < 1.29 is 9.53 Å². The van der Waals surface area contributed by atoms with Crippen LogP contribution >= 0.6 is 11.3 Å². The summed E-state index contributed by atoms with van der Waals surface area (Å²) in [5, 5.41) is 2.04. The Hall–Kier alpha value is -0.710. The monoisotopic (exact) mass is 239 g/mol. The third-order valence-corrected chi connectivity index (χ3v) is 3.86. The summed E-state index contributed by atoms with van der Waals surface area (Å²) in [6, 6.07) is 4.08. The van der Waals surface area contributed by atoms with E-state index in [1.807, 2.05) is 11.4 Å². The van der Waals surface area contributed by atoms with E-state index in [1.165, 1.54) is 4.88 Å². The maximum Gasteiger partial charge on any atom is 0.161 e. The summed E-state index contributed by atoms with van der Waals surface area (Å²) in [5.74, 6) is 0.226. The summed E-state index contributed by atoms with van der Waals surface area (Å²) in [7, 11) is 0. The topological polar surface area (TPSA) is 52.3 Å². The molecule has 0 bridgehead atoms. The molecule has 0 amide bonds. The molecule has 4 heteroatoms. The van der Waals surface area contributed by atoms with Gasteiger partial charge >= 0.3 is 0 Å². The Balaban J connectivity index is 1.76. The lowest BCUT2D eigenvalue weighted by Gasteiger charge is -2.10. The first-order chi connectivity index (χ1) is 7.79. The first kappa shape index (κ1) is 11.8. The Bertz CT molecular complexity index is 337. The number of Topliss-reactive ketones (excluding diaryl/α,β-unsaturated/α-hetero) is 1. The molecule has 88 valence electrons. The van der Waals surface area contributed by atoms with Gasteiger partial charge in [-0.05, 0) is 30.7 Å². The number of rotatable bonds is 5. The molecular formula is C12H17NO2S. The van der Waals surface area contributed by atoms with Crippen LogP contribution in [0.15, 0.2) is 17.5 Å². The van der Waals surface area contributed by atoms with E-state index in [9.17, 15) is 4.79 Å². The first-order valence-corrected chi connectivity index (χ1v) is 6.58. The van der Waals surface area contributed by atoms with Crippen LogP contribution in [0.4, 0.5) is 0 Å². The van der Waals surface area contributed by atoms with E-state index in [4.69, 9.17) is 10.5 Å². The normalized spacial score (nSPS) is 24.8. The van der Waals surface area contributed by atoms with Gasteiger partial charge in [-0.25, -0.2) is 0 Å². The second kappa shape index (κ2) is 5.57. The molecule has 3 nitrogen and oxygen atoms in total. The summed E-state index contributed by atoms with van der Waals surface area (Å²) in [4.78, 5) is 13.1. The van der Waals surface area contributed by atoms with Gasteiger partial charge in [-0.15, -0.1) is 11.3 Å². The van der Waals surface area contributed by atoms with Crippen LogP contribution in [-0.2, 0) is 16.0 Å². The summed E-state index contributed by atoms with van der Waals surface area (Å²) in [5.41, 5.74) is 5.51. The molecule has 1 aliphatic rings. The highest BCUT2D eigenvalue weighted by molar-refractivity contribution is 7.09. The van der Waals surface area contributed by atoms with Crippen LogP contribution in [0.2, 0.25) is 0 Å². The quantitative estimate of drug-likeness (QED) is 0.851. The second-order valence-electron chi connectivity index (χ2n) is 4.11. The van der Waals surface area contributed by atoms with Gasteiger partial charge in [0.15, 0.2) is 5.78 Å². The number of ketones is 1. The fraction of sp³-hybridized carbons (Fsp3) is 0.583. The Morgan fingerprint density at radius 3 is 3.06 bits per heavy atom. The minimum atomic E-state index is -0.200. The number of carbonyl (C=O) groups is 1. The van der Waals surface area contributed by atoms with Gasteiger partial charge in [0.1, 0.15) is 6.10 Å². The fourth-order valence-corrected chi connectivity index (χ4v) is 2.69. The summed E-state index contributed by atoms with van der Waals surface area (Å²) in [6.07, 6.45) is 3.08. The molecule has 1 aromatic heterocycles. The minimum absolute atomic E-state index is 0.0932. The summed E-state index contributed by atoms with van der Waals surface area (Å²) >= 11 is 1.70. The van der Waals surface area contributed by atoms with Crippen LogP contribution in [0.25, 0.3) is 0 Å². The van der Waals surface area contributed by atoms with E-state index in [-0.39, 0.29) is 18.0 Å². The molecule has 0 radical (unpaired) electrons. The lowest BCUT2D eigenvalue weighted by molar-refractivity contribution is -0.129. The smallest absolute Gasteiger partial charge is 0.161 e. The van der Waals surface area contributed by atoms with E-state index in [2.05, 4.69) is 6.07 Å². The van der Waals surface area contributed by atoms with Gasteiger partial charge in [-0.3, -0.25) is 4.79 Å². The third-order valence-electron chi connectivity index (χ3n) is 2.93. The zero-order chi connectivity index (χ0) is 11.4. The number of ether oxygens (including phenoxy) is 1. The van der Waals surface area contributed by atoms with Crippen molar-refractivity contribution in [3.05, 3.63) is 22.4 Å². The Labute approximate surface area is 99.6 Å². The van der Waals surface area contributed by atoms with Crippen molar-refractivity contribution in [2.75, 3.05) is 6.54 Å². The van der Waals surface area contributed by atoms with Crippen LogP contribution in [0, 0.1) is 0 Å². The van der Waals surface area contributed by atoms with Crippen LogP contribution in [0.3, 0.4) is 0 Å². The maximum atomic E-state index is 11.8.